The van der Waals surface area contributed by atoms with Crippen molar-refractivity contribution in [2.75, 3.05) is 18.9 Å². The van der Waals surface area contributed by atoms with Crippen molar-refractivity contribution in [2.24, 2.45) is 0 Å². The van der Waals surface area contributed by atoms with Gasteiger partial charge in [-0.2, -0.15) is 13.2 Å². The Labute approximate surface area is 185 Å². The molecule has 1 aromatic carbocycles. The first-order chi connectivity index (χ1) is 15.1. The lowest BCUT2D eigenvalue weighted by Crippen LogP contribution is -2.35. The van der Waals surface area contributed by atoms with Gasteiger partial charge in [-0.15, -0.1) is 11.3 Å². The van der Waals surface area contributed by atoms with Gasteiger partial charge in [0.2, 0.25) is 11.9 Å². The van der Waals surface area contributed by atoms with Crippen LogP contribution in [0.1, 0.15) is 26.8 Å². The number of likely N-dealkylation sites (N-methyl/N-ethyl adjacent to an activating group) is 1. The quantitative estimate of drug-likeness (QED) is 0.516. The number of aromatic nitrogens is 3. The molecule has 0 fully saturated rings. The van der Waals surface area contributed by atoms with E-state index >= 15 is 0 Å². The van der Waals surface area contributed by atoms with Crippen LogP contribution >= 0.6 is 11.3 Å². The number of aryl methyl sites for hydroxylation is 2. The van der Waals surface area contributed by atoms with Gasteiger partial charge in [0.05, 0.1) is 17.1 Å². The molecule has 0 atom stereocenters. The topological polar surface area (TPSA) is 109 Å². The molecule has 0 bridgehead atoms. The van der Waals surface area contributed by atoms with Crippen molar-refractivity contribution < 1.29 is 22.8 Å². The fourth-order valence-corrected chi connectivity index (χ4v) is 3.75. The highest BCUT2D eigenvalue weighted by Crippen LogP contribution is 2.33. The zero-order chi connectivity index (χ0) is 23.5. The average Bonchev–Trinajstić information content (AvgIpc) is 3.12. The number of alkyl halides is 3. The summed E-state index contributed by atoms with van der Waals surface area (Å²) in [5, 5.41) is 7.89. The number of anilines is 2. The van der Waals surface area contributed by atoms with Gasteiger partial charge in [-0.25, -0.2) is 15.0 Å². The number of amides is 2. The lowest BCUT2D eigenvalue weighted by molar-refractivity contribution is -0.141. The molecule has 3 rings (SSSR count). The number of thiazole rings is 1. The normalized spacial score (nSPS) is 11.2. The van der Waals surface area contributed by atoms with Gasteiger partial charge in [0, 0.05) is 18.9 Å². The zero-order valence-corrected chi connectivity index (χ0v) is 18.1. The summed E-state index contributed by atoms with van der Waals surface area (Å²) >= 11 is 1.15. The predicted octanol–water partition coefficient (Wildman–Crippen LogP) is 3.46. The number of halogens is 3. The van der Waals surface area contributed by atoms with Crippen molar-refractivity contribution in [3.05, 3.63) is 52.4 Å². The minimum atomic E-state index is -4.58. The van der Waals surface area contributed by atoms with Gasteiger partial charge >= 0.3 is 6.18 Å². The molecule has 32 heavy (non-hydrogen) atoms. The van der Waals surface area contributed by atoms with E-state index in [1.54, 1.807) is 19.1 Å². The van der Waals surface area contributed by atoms with Gasteiger partial charge in [0.1, 0.15) is 5.69 Å². The third-order valence-electron chi connectivity index (χ3n) is 4.22. The van der Waals surface area contributed by atoms with Crippen molar-refractivity contribution in [1.29, 1.82) is 0 Å². The zero-order valence-electron chi connectivity index (χ0n) is 17.3. The Balaban J connectivity index is 1.86. The van der Waals surface area contributed by atoms with E-state index in [4.69, 9.17) is 0 Å². The molecule has 0 aliphatic heterocycles. The highest BCUT2D eigenvalue weighted by atomic mass is 32.1. The smallest absolute Gasteiger partial charge is 0.358 e. The maximum atomic E-state index is 12.9. The molecular formula is C20H19F3N6O2S. The van der Waals surface area contributed by atoms with Crippen LogP contribution in [0, 0.1) is 13.8 Å². The summed E-state index contributed by atoms with van der Waals surface area (Å²) in [6, 6.07) is 6.11. The summed E-state index contributed by atoms with van der Waals surface area (Å²) in [7, 11) is 1.47. The molecule has 0 spiro atoms. The summed E-state index contributed by atoms with van der Waals surface area (Å²) in [5.41, 5.74) is 1.59. The Morgan fingerprint density at radius 2 is 1.88 bits per heavy atom. The van der Waals surface area contributed by atoms with Crippen molar-refractivity contribution in [3.8, 4) is 10.4 Å². The van der Waals surface area contributed by atoms with Gasteiger partial charge in [-0.3, -0.25) is 9.59 Å². The van der Waals surface area contributed by atoms with Crippen molar-refractivity contribution in [2.45, 2.75) is 20.0 Å². The van der Waals surface area contributed by atoms with Crippen LogP contribution in [0.3, 0.4) is 0 Å². The van der Waals surface area contributed by atoms with E-state index in [0.717, 1.165) is 34.7 Å². The van der Waals surface area contributed by atoms with Crippen molar-refractivity contribution in [1.82, 2.24) is 25.6 Å². The van der Waals surface area contributed by atoms with E-state index in [1.807, 2.05) is 13.0 Å². The van der Waals surface area contributed by atoms with Gasteiger partial charge in [0.15, 0.2) is 5.01 Å². The maximum absolute atomic E-state index is 12.9. The highest BCUT2D eigenvalue weighted by Gasteiger charge is 2.32. The molecule has 168 valence electrons. The molecule has 3 aromatic rings. The second-order valence-corrected chi connectivity index (χ2v) is 7.76. The lowest BCUT2D eigenvalue weighted by atomic mass is 10.1. The Bertz CT molecular complexity index is 1160. The van der Waals surface area contributed by atoms with Crippen LogP contribution in [0.4, 0.5) is 24.8 Å². The molecule has 3 N–H and O–H groups in total. The first kappa shape index (κ1) is 23.1. The Hall–Kier alpha value is -3.54. The van der Waals surface area contributed by atoms with Crippen LogP contribution in [0.15, 0.2) is 30.5 Å². The largest absolute Gasteiger partial charge is 0.433 e. The van der Waals surface area contributed by atoms with Gasteiger partial charge in [-0.1, -0.05) is 6.07 Å². The third-order valence-corrected chi connectivity index (χ3v) is 5.43. The van der Waals surface area contributed by atoms with Gasteiger partial charge < -0.3 is 16.0 Å². The number of hydrogen-bond acceptors (Lipinski definition) is 7. The molecule has 0 saturated heterocycles. The third kappa shape index (κ3) is 5.58. The molecule has 8 nitrogen and oxygen atoms in total. The van der Waals surface area contributed by atoms with Crippen LogP contribution in [-0.2, 0) is 11.0 Å². The predicted molar refractivity (Wildman–Crippen MR) is 114 cm³/mol. The summed E-state index contributed by atoms with van der Waals surface area (Å²) in [6.45, 7) is 3.40. The van der Waals surface area contributed by atoms with Crippen LogP contribution in [0.2, 0.25) is 0 Å². The van der Waals surface area contributed by atoms with E-state index in [2.05, 4.69) is 30.9 Å². The molecule has 2 amide bonds. The number of hydrogen-bond donors (Lipinski definition) is 3. The van der Waals surface area contributed by atoms with E-state index in [1.165, 1.54) is 7.05 Å². The highest BCUT2D eigenvalue weighted by molar-refractivity contribution is 7.17. The van der Waals surface area contributed by atoms with Crippen LogP contribution in [0.5, 0.6) is 0 Å². The summed E-state index contributed by atoms with van der Waals surface area (Å²) in [4.78, 5) is 36.0. The van der Waals surface area contributed by atoms with Crippen LogP contribution in [-0.4, -0.2) is 40.4 Å². The molecular weight excluding hydrogens is 445 g/mol. The first-order valence-corrected chi connectivity index (χ1v) is 10.1. The fourth-order valence-electron chi connectivity index (χ4n) is 2.78. The molecule has 12 heteroatoms. The monoisotopic (exact) mass is 464 g/mol. The van der Waals surface area contributed by atoms with Gasteiger partial charge in [-0.05, 0) is 43.2 Å². The Morgan fingerprint density at radius 3 is 2.56 bits per heavy atom. The molecule has 0 aliphatic rings. The standard InChI is InChI=1S/C20H19F3N6O2S/c1-10-6-12(16-11(2)27-18(32-16)17(31)26-9-15(30)24-3)8-13(7-10)28-19-25-5-4-14(29-19)20(21,22)23/h4-8H,9H2,1-3H3,(H,24,30)(H,26,31)(H,25,28,29). The number of nitrogens with zero attached hydrogens (tertiary/aromatic N) is 3. The summed E-state index contributed by atoms with van der Waals surface area (Å²) < 4.78 is 38.7. The first-order valence-electron chi connectivity index (χ1n) is 9.32. The van der Waals surface area contributed by atoms with Crippen LogP contribution < -0.4 is 16.0 Å². The van der Waals surface area contributed by atoms with Crippen molar-refractivity contribution in [3.63, 3.8) is 0 Å². The number of carbonyl (C=O) groups is 2. The minimum absolute atomic E-state index is 0.168. The number of nitrogens with one attached hydrogen (secondary N) is 3. The SMILES string of the molecule is CNC(=O)CNC(=O)c1nc(C)c(-c2cc(C)cc(Nc3nccc(C(F)(F)F)n3)c2)s1. The number of carbonyl (C=O) groups excluding carboxylic acids is 2. The molecule has 2 heterocycles. The Morgan fingerprint density at radius 1 is 1.12 bits per heavy atom. The second-order valence-electron chi connectivity index (χ2n) is 6.77. The molecule has 0 unspecified atom stereocenters. The number of rotatable bonds is 6. The summed E-state index contributed by atoms with van der Waals surface area (Å²) in [6.07, 6.45) is -3.54. The molecule has 0 saturated carbocycles. The lowest BCUT2D eigenvalue weighted by Gasteiger charge is -2.10. The Kier molecular flexibility index (Phi) is 6.72. The molecule has 0 radical (unpaired) electrons. The molecule has 0 aliphatic carbocycles. The second kappa shape index (κ2) is 9.30. The van der Waals surface area contributed by atoms with E-state index in [0.29, 0.717) is 16.3 Å². The summed E-state index contributed by atoms with van der Waals surface area (Å²) in [5.74, 6) is -0.999. The molecule has 2 aromatic heterocycles. The van der Waals surface area contributed by atoms with E-state index in [-0.39, 0.29) is 23.4 Å². The van der Waals surface area contributed by atoms with Crippen molar-refractivity contribution >= 4 is 34.8 Å². The fraction of sp³-hybridized carbons (Fsp3) is 0.250. The van der Waals surface area contributed by atoms with E-state index < -0.39 is 17.8 Å². The maximum Gasteiger partial charge on any atom is 0.433 e. The van der Waals surface area contributed by atoms with Gasteiger partial charge in [0.25, 0.3) is 5.91 Å². The minimum Gasteiger partial charge on any atom is -0.358 e. The number of benzene rings is 1. The average molecular weight is 464 g/mol. The van der Waals surface area contributed by atoms with Crippen LogP contribution in [0.25, 0.3) is 10.4 Å². The van der Waals surface area contributed by atoms with E-state index in [9.17, 15) is 22.8 Å².